The van der Waals surface area contributed by atoms with E-state index in [4.69, 9.17) is 0 Å². The first-order valence-corrected chi connectivity index (χ1v) is 6.11. The molecule has 0 bridgehead atoms. The standard InChI is InChI=1S/C12H16N4O3/c1-8(17)16-4-2-9(3-5-16)15-11-6-10(12(18)19)13-7-14-11/h6-7,9H,2-5H2,1H3,(H,18,19)(H,13,14,15)/p-1. The topological polar surface area (TPSA) is 98.2 Å². The lowest BCUT2D eigenvalue weighted by molar-refractivity contribution is -0.255. The highest BCUT2D eigenvalue weighted by molar-refractivity contribution is 5.84. The van der Waals surface area contributed by atoms with Crippen LogP contribution in [0, 0.1) is 0 Å². The SMILES string of the molecule is CC(=O)N1CCC(Nc2cc(C(=O)[O-])ncn2)CC1. The summed E-state index contributed by atoms with van der Waals surface area (Å²) in [7, 11) is 0. The van der Waals surface area contributed by atoms with Gasteiger partial charge in [-0.3, -0.25) is 4.79 Å². The molecule has 1 aromatic heterocycles. The predicted octanol–water partition coefficient (Wildman–Crippen LogP) is -0.737. The molecule has 102 valence electrons. The molecular formula is C12H15N4O3-. The summed E-state index contributed by atoms with van der Waals surface area (Å²) in [6, 6.07) is 1.53. The van der Waals surface area contributed by atoms with Crippen LogP contribution in [0.2, 0.25) is 0 Å². The molecule has 0 aliphatic carbocycles. The maximum Gasteiger partial charge on any atom is 0.219 e. The van der Waals surface area contributed by atoms with Crippen LogP contribution in [0.5, 0.6) is 0 Å². The molecule has 0 saturated carbocycles. The predicted molar refractivity (Wildman–Crippen MR) is 65.3 cm³/mol. The number of carboxylic acids is 1. The molecule has 1 aliphatic heterocycles. The van der Waals surface area contributed by atoms with Crippen LogP contribution in [0.3, 0.4) is 0 Å². The Balaban J connectivity index is 1.94. The molecule has 1 N–H and O–H groups in total. The molecule has 7 heteroatoms. The third-order valence-electron chi connectivity index (χ3n) is 3.17. The van der Waals surface area contributed by atoms with E-state index in [1.807, 2.05) is 0 Å². The quantitative estimate of drug-likeness (QED) is 0.771. The molecule has 1 aromatic rings. The highest BCUT2D eigenvalue weighted by Crippen LogP contribution is 2.15. The van der Waals surface area contributed by atoms with Crippen LogP contribution < -0.4 is 10.4 Å². The number of carboxylic acid groups (broad SMARTS) is 1. The number of carbonyl (C=O) groups excluding carboxylic acids is 2. The third kappa shape index (κ3) is 3.40. The number of amides is 1. The second-order valence-corrected chi connectivity index (χ2v) is 4.50. The van der Waals surface area contributed by atoms with Gasteiger partial charge in [-0.2, -0.15) is 0 Å². The molecule has 0 radical (unpaired) electrons. The molecule has 7 nitrogen and oxygen atoms in total. The van der Waals surface area contributed by atoms with Crippen LogP contribution >= 0.6 is 0 Å². The molecule has 19 heavy (non-hydrogen) atoms. The van der Waals surface area contributed by atoms with Gasteiger partial charge in [0.05, 0.1) is 11.7 Å². The van der Waals surface area contributed by atoms with Crippen molar-refractivity contribution in [2.45, 2.75) is 25.8 Å². The van der Waals surface area contributed by atoms with Crippen LogP contribution in [0.15, 0.2) is 12.4 Å². The fraction of sp³-hybridized carbons (Fsp3) is 0.500. The third-order valence-corrected chi connectivity index (χ3v) is 3.17. The van der Waals surface area contributed by atoms with E-state index in [9.17, 15) is 14.7 Å². The van der Waals surface area contributed by atoms with Crippen molar-refractivity contribution in [2.24, 2.45) is 0 Å². The van der Waals surface area contributed by atoms with E-state index in [1.54, 1.807) is 11.8 Å². The van der Waals surface area contributed by atoms with Crippen molar-refractivity contribution < 1.29 is 14.7 Å². The fourth-order valence-electron chi connectivity index (χ4n) is 2.10. The summed E-state index contributed by atoms with van der Waals surface area (Å²) in [4.78, 5) is 31.3. The normalized spacial score (nSPS) is 16.2. The molecule has 1 fully saturated rings. The average molecular weight is 263 g/mol. The largest absolute Gasteiger partial charge is 0.543 e. The van der Waals surface area contributed by atoms with E-state index in [-0.39, 0.29) is 17.6 Å². The van der Waals surface area contributed by atoms with Gasteiger partial charge in [0.1, 0.15) is 12.1 Å². The molecule has 2 heterocycles. The highest BCUT2D eigenvalue weighted by Gasteiger charge is 2.20. The lowest BCUT2D eigenvalue weighted by atomic mass is 10.1. The monoisotopic (exact) mass is 263 g/mol. The van der Waals surface area contributed by atoms with E-state index in [1.165, 1.54) is 12.4 Å². The number of anilines is 1. The van der Waals surface area contributed by atoms with E-state index >= 15 is 0 Å². The van der Waals surface area contributed by atoms with Gasteiger partial charge >= 0.3 is 0 Å². The Hall–Kier alpha value is -2.18. The molecule has 0 atom stereocenters. The number of aromatic nitrogens is 2. The summed E-state index contributed by atoms with van der Waals surface area (Å²) in [5.41, 5.74) is -0.140. The Kier molecular flexibility index (Phi) is 3.94. The molecule has 0 spiro atoms. The van der Waals surface area contributed by atoms with Crippen molar-refractivity contribution >= 4 is 17.7 Å². The zero-order chi connectivity index (χ0) is 13.8. The Morgan fingerprint density at radius 2 is 2.05 bits per heavy atom. The van der Waals surface area contributed by atoms with Gasteiger partial charge < -0.3 is 20.1 Å². The van der Waals surface area contributed by atoms with Crippen molar-refractivity contribution in [3.63, 3.8) is 0 Å². The van der Waals surface area contributed by atoms with Crippen molar-refractivity contribution in [1.82, 2.24) is 14.9 Å². The summed E-state index contributed by atoms with van der Waals surface area (Å²) < 4.78 is 0. The first-order valence-electron chi connectivity index (χ1n) is 6.11. The van der Waals surface area contributed by atoms with E-state index < -0.39 is 5.97 Å². The van der Waals surface area contributed by atoms with Gasteiger partial charge in [-0.1, -0.05) is 0 Å². The van der Waals surface area contributed by atoms with Gasteiger partial charge in [-0.25, -0.2) is 9.97 Å². The number of nitrogens with one attached hydrogen (secondary N) is 1. The van der Waals surface area contributed by atoms with Crippen LogP contribution in [0.25, 0.3) is 0 Å². The Bertz CT molecular complexity index is 484. The van der Waals surface area contributed by atoms with Crippen molar-refractivity contribution in [3.05, 3.63) is 18.1 Å². The Morgan fingerprint density at radius 3 is 2.63 bits per heavy atom. The van der Waals surface area contributed by atoms with Crippen molar-refractivity contribution in [2.75, 3.05) is 18.4 Å². The number of hydrogen-bond donors (Lipinski definition) is 1. The number of nitrogens with zero attached hydrogens (tertiary/aromatic N) is 3. The minimum absolute atomic E-state index is 0.0831. The highest BCUT2D eigenvalue weighted by atomic mass is 16.4. The zero-order valence-electron chi connectivity index (χ0n) is 10.6. The van der Waals surface area contributed by atoms with Gasteiger partial charge in [-0.05, 0) is 12.8 Å². The summed E-state index contributed by atoms with van der Waals surface area (Å²) in [6.07, 6.45) is 2.81. The molecule has 1 amide bonds. The van der Waals surface area contributed by atoms with Gasteiger partial charge in [0, 0.05) is 32.1 Å². The minimum atomic E-state index is -1.32. The number of aromatic carboxylic acids is 1. The van der Waals surface area contributed by atoms with Crippen LogP contribution in [0.4, 0.5) is 5.82 Å². The number of piperidine rings is 1. The smallest absolute Gasteiger partial charge is 0.219 e. The lowest BCUT2D eigenvalue weighted by Gasteiger charge is -2.31. The molecule has 0 unspecified atom stereocenters. The first-order chi connectivity index (χ1) is 9.06. The van der Waals surface area contributed by atoms with Crippen LogP contribution in [-0.4, -0.2) is 45.9 Å². The Morgan fingerprint density at radius 1 is 1.37 bits per heavy atom. The lowest BCUT2D eigenvalue weighted by Crippen LogP contribution is -2.41. The molecule has 0 aromatic carbocycles. The summed E-state index contributed by atoms with van der Waals surface area (Å²) >= 11 is 0. The Labute approximate surface area is 110 Å². The summed E-state index contributed by atoms with van der Waals surface area (Å²) in [5, 5.41) is 13.8. The summed E-state index contributed by atoms with van der Waals surface area (Å²) in [6.45, 7) is 2.96. The van der Waals surface area contributed by atoms with Gasteiger partial charge in [0.25, 0.3) is 0 Å². The van der Waals surface area contributed by atoms with Gasteiger partial charge in [-0.15, -0.1) is 0 Å². The second kappa shape index (κ2) is 5.64. The van der Waals surface area contributed by atoms with Gasteiger partial charge in [0.15, 0.2) is 0 Å². The molecule has 1 aliphatic rings. The fourth-order valence-corrected chi connectivity index (χ4v) is 2.10. The summed E-state index contributed by atoms with van der Waals surface area (Å²) in [5.74, 6) is -0.771. The van der Waals surface area contributed by atoms with Crippen molar-refractivity contribution in [3.8, 4) is 0 Å². The number of carbonyl (C=O) groups is 2. The maximum absolute atomic E-state index is 11.2. The molecule has 2 rings (SSSR count). The first kappa shape index (κ1) is 13.3. The minimum Gasteiger partial charge on any atom is -0.543 e. The van der Waals surface area contributed by atoms with E-state index in [2.05, 4.69) is 15.3 Å². The van der Waals surface area contributed by atoms with Crippen LogP contribution in [-0.2, 0) is 4.79 Å². The van der Waals surface area contributed by atoms with Gasteiger partial charge in [0.2, 0.25) is 5.91 Å². The molecular weight excluding hydrogens is 248 g/mol. The zero-order valence-corrected chi connectivity index (χ0v) is 10.6. The second-order valence-electron chi connectivity index (χ2n) is 4.50. The van der Waals surface area contributed by atoms with Crippen LogP contribution in [0.1, 0.15) is 30.3 Å². The number of hydrogen-bond acceptors (Lipinski definition) is 6. The van der Waals surface area contributed by atoms with Crippen molar-refractivity contribution in [1.29, 1.82) is 0 Å². The maximum atomic E-state index is 11.2. The molecule has 1 saturated heterocycles. The average Bonchev–Trinajstić information content (AvgIpc) is 2.39. The number of rotatable bonds is 3. The van der Waals surface area contributed by atoms with E-state index in [0.717, 1.165) is 12.8 Å². The number of likely N-dealkylation sites (tertiary alicyclic amines) is 1. The van der Waals surface area contributed by atoms with E-state index in [0.29, 0.717) is 18.9 Å².